The molecule has 0 aliphatic carbocycles. The summed E-state index contributed by atoms with van der Waals surface area (Å²) in [5.74, 6) is 1.36. The average molecular weight is 401 g/mol. The van der Waals surface area contributed by atoms with Crippen LogP contribution in [-0.4, -0.2) is 43.1 Å². The minimum absolute atomic E-state index is 0.0714. The summed E-state index contributed by atoms with van der Waals surface area (Å²) in [6.07, 6.45) is 11.4. The first-order valence-electron chi connectivity index (χ1n) is 9.95. The van der Waals surface area contributed by atoms with Gasteiger partial charge < -0.3 is 5.11 Å². The molecule has 148 valence electrons. The molecule has 2 fully saturated rings. The molecule has 4 nitrogen and oxygen atoms in total. The Bertz CT molecular complexity index is 532. The molecule has 1 unspecified atom stereocenters. The molecule has 2 aliphatic heterocycles. The van der Waals surface area contributed by atoms with Crippen LogP contribution in [0, 0.1) is 11.8 Å². The maximum Gasteiger partial charge on any atom is 0.303 e. The van der Waals surface area contributed by atoms with E-state index in [9.17, 15) is 13.8 Å². The standard InChI is InChI=1S/C20H32O4S2/c1-2-3-7-13-26(24)14-12-15-17-10-11-18(25-17)20(15)16(21)8-5-4-6-9-19(22)23/h5,8,15,17-18,20H,2-4,6-7,9-14H2,1H3,(H,22,23)/t15-,17+,18-,20+,26?/m1/s1. The van der Waals surface area contributed by atoms with Gasteiger partial charge in [-0.05, 0) is 50.5 Å². The van der Waals surface area contributed by atoms with E-state index in [1.165, 1.54) is 6.42 Å². The zero-order valence-electron chi connectivity index (χ0n) is 15.7. The Labute approximate surface area is 164 Å². The lowest BCUT2D eigenvalue weighted by atomic mass is 9.75. The van der Waals surface area contributed by atoms with Crippen LogP contribution in [-0.2, 0) is 20.4 Å². The minimum atomic E-state index is -0.791. The third-order valence-electron chi connectivity index (χ3n) is 5.45. The van der Waals surface area contributed by atoms with Gasteiger partial charge in [0.1, 0.15) is 0 Å². The van der Waals surface area contributed by atoms with Crippen LogP contribution in [0.1, 0.15) is 64.7 Å². The fourth-order valence-electron chi connectivity index (χ4n) is 4.10. The molecular formula is C20H32O4S2. The van der Waals surface area contributed by atoms with E-state index in [0.29, 0.717) is 29.3 Å². The number of aliphatic carboxylic acids is 1. The molecule has 5 atom stereocenters. The molecule has 26 heavy (non-hydrogen) atoms. The second kappa shape index (κ2) is 11.3. The van der Waals surface area contributed by atoms with Gasteiger partial charge >= 0.3 is 5.97 Å². The van der Waals surface area contributed by atoms with Crippen LogP contribution in [0.3, 0.4) is 0 Å². The summed E-state index contributed by atoms with van der Waals surface area (Å²) in [5, 5.41) is 9.64. The maximum absolute atomic E-state index is 12.7. The highest BCUT2D eigenvalue weighted by Crippen LogP contribution is 2.54. The number of carbonyl (C=O) groups is 2. The number of unbranched alkanes of at least 4 members (excludes halogenated alkanes) is 3. The van der Waals surface area contributed by atoms with Crippen LogP contribution < -0.4 is 0 Å². The van der Waals surface area contributed by atoms with Crippen LogP contribution in [0.4, 0.5) is 0 Å². The summed E-state index contributed by atoms with van der Waals surface area (Å²) >= 11 is 1.97. The number of ketones is 1. The number of rotatable bonds is 13. The van der Waals surface area contributed by atoms with Crippen molar-refractivity contribution in [3.05, 3.63) is 12.2 Å². The summed E-state index contributed by atoms with van der Waals surface area (Å²) in [7, 11) is -0.755. The molecule has 2 bridgehead atoms. The molecule has 0 radical (unpaired) electrons. The van der Waals surface area contributed by atoms with E-state index >= 15 is 0 Å². The molecule has 0 saturated carbocycles. The first kappa shape index (κ1) is 21.7. The second-order valence-corrected chi connectivity index (χ2v) is 10.6. The number of carbonyl (C=O) groups excluding carboxylic acids is 1. The highest BCUT2D eigenvalue weighted by molar-refractivity contribution is 8.01. The van der Waals surface area contributed by atoms with Gasteiger partial charge in [-0.25, -0.2) is 0 Å². The van der Waals surface area contributed by atoms with E-state index in [-0.39, 0.29) is 18.1 Å². The highest BCUT2D eigenvalue weighted by atomic mass is 32.2. The molecule has 0 aromatic heterocycles. The molecule has 6 heteroatoms. The predicted molar refractivity (Wildman–Crippen MR) is 109 cm³/mol. The lowest BCUT2D eigenvalue weighted by Crippen LogP contribution is -2.33. The van der Waals surface area contributed by atoms with Gasteiger partial charge in [0, 0.05) is 45.1 Å². The first-order chi connectivity index (χ1) is 12.5. The van der Waals surface area contributed by atoms with Gasteiger partial charge in [0.2, 0.25) is 0 Å². The van der Waals surface area contributed by atoms with Gasteiger partial charge in [0.05, 0.1) is 0 Å². The van der Waals surface area contributed by atoms with E-state index in [0.717, 1.165) is 43.6 Å². The average Bonchev–Trinajstić information content (AvgIpc) is 3.20. The van der Waals surface area contributed by atoms with E-state index < -0.39 is 16.8 Å². The van der Waals surface area contributed by atoms with Gasteiger partial charge in [-0.3, -0.25) is 13.8 Å². The summed E-state index contributed by atoms with van der Waals surface area (Å²) in [4.78, 5) is 23.2. The van der Waals surface area contributed by atoms with Crippen molar-refractivity contribution in [3.8, 4) is 0 Å². The van der Waals surface area contributed by atoms with E-state index in [2.05, 4.69) is 6.92 Å². The van der Waals surface area contributed by atoms with Crippen molar-refractivity contribution >= 4 is 34.3 Å². The smallest absolute Gasteiger partial charge is 0.303 e. The molecule has 0 aromatic carbocycles. The van der Waals surface area contributed by atoms with Crippen molar-refractivity contribution in [2.75, 3.05) is 11.5 Å². The molecule has 2 heterocycles. The Kier molecular flexibility index (Phi) is 9.40. The number of allylic oxidation sites excluding steroid dienone is 2. The minimum Gasteiger partial charge on any atom is -0.481 e. The van der Waals surface area contributed by atoms with E-state index in [1.54, 1.807) is 6.08 Å². The monoisotopic (exact) mass is 400 g/mol. The number of hydrogen-bond acceptors (Lipinski definition) is 4. The van der Waals surface area contributed by atoms with Crippen LogP contribution in [0.15, 0.2) is 12.2 Å². The first-order valence-corrected chi connectivity index (χ1v) is 12.4. The summed E-state index contributed by atoms with van der Waals surface area (Å²) in [6.45, 7) is 2.15. The van der Waals surface area contributed by atoms with Gasteiger partial charge in [-0.1, -0.05) is 25.8 Å². The van der Waals surface area contributed by atoms with Crippen LogP contribution in [0.2, 0.25) is 0 Å². The number of fused-ring (bicyclic) bond motifs is 2. The Morgan fingerprint density at radius 2 is 1.92 bits per heavy atom. The van der Waals surface area contributed by atoms with Gasteiger partial charge in [-0.2, -0.15) is 11.8 Å². The van der Waals surface area contributed by atoms with Crippen molar-refractivity contribution in [1.29, 1.82) is 0 Å². The fraction of sp³-hybridized carbons (Fsp3) is 0.800. The lowest BCUT2D eigenvalue weighted by Gasteiger charge is -2.27. The molecule has 1 N–H and O–H groups in total. The van der Waals surface area contributed by atoms with Crippen molar-refractivity contribution in [1.82, 2.24) is 0 Å². The zero-order valence-corrected chi connectivity index (χ0v) is 17.4. The number of carboxylic acid groups (broad SMARTS) is 1. The topological polar surface area (TPSA) is 71.4 Å². The number of hydrogen-bond donors (Lipinski definition) is 1. The summed E-state index contributed by atoms with van der Waals surface area (Å²) in [5.41, 5.74) is 0. The van der Waals surface area contributed by atoms with Gasteiger partial charge in [0.15, 0.2) is 5.78 Å². The van der Waals surface area contributed by atoms with Crippen molar-refractivity contribution in [3.63, 3.8) is 0 Å². The molecule has 2 saturated heterocycles. The summed E-state index contributed by atoms with van der Waals surface area (Å²) < 4.78 is 12.2. The Morgan fingerprint density at radius 1 is 1.15 bits per heavy atom. The molecular weight excluding hydrogens is 368 g/mol. The molecule has 0 aromatic rings. The zero-order chi connectivity index (χ0) is 18.9. The van der Waals surface area contributed by atoms with E-state index in [4.69, 9.17) is 5.11 Å². The molecule has 2 aliphatic rings. The third kappa shape index (κ3) is 6.52. The van der Waals surface area contributed by atoms with Gasteiger partial charge in [0.25, 0.3) is 0 Å². The quantitative estimate of drug-likeness (QED) is 0.370. The highest BCUT2D eigenvalue weighted by Gasteiger charge is 2.50. The SMILES string of the molecule is CCCCCS(=O)CC[C@H]1[C@@H](C(=O)C=CCCCC(=O)O)[C@H]2CC[C@@H]1S2. The van der Waals surface area contributed by atoms with Crippen molar-refractivity contribution in [2.24, 2.45) is 11.8 Å². The summed E-state index contributed by atoms with van der Waals surface area (Å²) in [6, 6.07) is 0. The Hall–Kier alpha value is -0.620. The van der Waals surface area contributed by atoms with Crippen LogP contribution in [0.5, 0.6) is 0 Å². The molecule has 2 rings (SSSR count). The van der Waals surface area contributed by atoms with Crippen molar-refractivity contribution in [2.45, 2.75) is 75.2 Å². The van der Waals surface area contributed by atoms with Gasteiger partial charge in [-0.15, -0.1) is 0 Å². The van der Waals surface area contributed by atoms with E-state index in [1.807, 2.05) is 17.8 Å². The van der Waals surface area contributed by atoms with Crippen LogP contribution >= 0.6 is 11.8 Å². The normalized spacial score (nSPS) is 28.7. The molecule has 0 amide bonds. The Morgan fingerprint density at radius 3 is 2.65 bits per heavy atom. The van der Waals surface area contributed by atoms with Crippen molar-refractivity contribution < 1.29 is 18.9 Å². The van der Waals surface area contributed by atoms with Crippen LogP contribution in [0.25, 0.3) is 0 Å². The lowest BCUT2D eigenvalue weighted by molar-refractivity contribution is -0.137. The number of thioether (sulfide) groups is 1. The Balaban J connectivity index is 1.81. The fourth-order valence-corrected chi connectivity index (χ4v) is 7.37. The predicted octanol–water partition coefficient (Wildman–Crippen LogP) is 4.21. The maximum atomic E-state index is 12.7. The largest absolute Gasteiger partial charge is 0.481 e. The molecule has 0 spiro atoms. The number of carboxylic acids is 1. The second-order valence-electron chi connectivity index (χ2n) is 7.41. The third-order valence-corrected chi connectivity index (χ3v) is 8.70.